The molecule has 2 aromatic carbocycles. The fraction of sp³-hybridized carbons (Fsp3) is 0.235. The summed E-state index contributed by atoms with van der Waals surface area (Å²) in [6.07, 6.45) is 0.317. The maximum absolute atomic E-state index is 11.7. The van der Waals surface area contributed by atoms with E-state index < -0.39 is 0 Å². The average Bonchev–Trinajstić information content (AvgIpc) is 2.76. The number of carbonyl (C=O) groups excluding carboxylic acids is 1. The molecule has 0 saturated carbocycles. The van der Waals surface area contributed by atoms with Crippen molar-refractivity contribution in [3.63, 3.8) is 0 Å². The highest BCUT2D eigenvalue weighted by Gasteiger charge is 2.14. The molecule has 0 atom stereocenters. The Bertz CT molecular complexity index is 786. The van der Waals surface area contributed by atoms with Crippen molar-refractivity contribution in [2.75, 3.05) is 6.61 Å². The van der Waals surface area contributed by atoms with Crippen LogP contribution in [0.2, 0.25) is 0 Å². The van der Waals surface area contributed by atoms with Crippen molar-refractivity contribution in [3.8, 4) is 0 Å². The van der Waals surface area contributed by atoms with Gasteiger partial charge in [0, 0.05) is 16.5 Å². The highest BCUT2D eigenvalue weighted by atomic mass is 16.5. The second-order valence-electron chi connectivity index (χ2n) is 4.92. The molecule has 1 heterocycles. The number of ether oxygens (including phenoxy) is 1. The molecule has 3 heteroatoms. The Labute approximate surface area is 117 Å². The van der Waals surface area contributed by atoms with Gasteiger partial charge in [0.1, 0.15) is 0 Å². The first-order chi connectivity index (χ1) is 9.70. The van der Waals surface area contributed by atoms with E-state index in [1.807, 2.05) is 26.0 Å². The zero-order valence-electron chi connectivity index (χ0n) is 11.7. The van der Waals surface area contributed by atoms with Crippen molar-refractivity contribution in [3.05, 3.63) is 47.7 Å². The van der Waals surface area contributed by atoms with Gasteiger partial charge < -0.3 is 9.72 Å². The number of aromatic amines is 1. The molecule has 3 nitrogen and oxygen atoms in total. The third kappa shape index (κ3) is 2.05. The molecular formula is C17H17NO2. The van der Waals surface area contributed by atoms with Gasteiger partial charge >= 0.3 is 5.97 Å². The Morgan fingerprint density at radius 1 is 1.15 bits per heavy atom. The van der Waals surface area contributed by atoms with Gasteiger partial charge in [-0.15, -0.1) is 0 Å². The minimum Gasteiger partial charge on any atom is -0.466 e. The fourth-order valence-corrected chi connectivity index (χ4v) is 2.71. The summed E-state index contributed by atoms with van der Waals surface area (Å²) in [4.78, 5) is 15.1. The van der Waals surface area contributed by atoms with Gasteiger partial charge in [0.15, 0.2) is 0 Å². The van der Waals surface area contributed by atoms with Crippen LogP contribution in [0.1, 0.15) is 18.2 Å². The van der Waals surface area contributed by atoms with Crippen LogP contribution in [0, 0.1) is 6.92 Å². The summed E-state index contributed by atoms with van der Waals surface area (Å²) in [5, 5.41) is 3.49. The molecule has 3 rings (SSSR count). The molecule has 1 aromatic heterocycles. The standard InChI is InChI=1S/C17H17NO2/c1-3-20-16(19)10-15-11(2)18-17-13-7-5-4-6-12(13)8-9-14(15)17/h4-9,18H,3,10H2,1-2H3. The first kappa shape index (κ1) is 12.7. The van der Waals surface area contributed by atoms with Crippen LogP contribution in [0.3, 0.4) is 0 Å². The molecule has 0 saturated heterocycles. The van der Waals surface area contributed by atoms with Crippen LogP contribution in [0.4, 0.5) is 0 Å². The molecule has 0 bridgehead atoms. The number of benzene rings is 2. The second-order valence-corrected chi connectivity index (χ2v) is 4.92. The lowest BCUT2D eigenvalue weighted by molar-refractivity contribution is -0.142. The number of hydrogen-bond donors (Lipinski definition) is 1. The van der Waals surface area contributed by atoms with Gasteiger partial charge in [-0.1, -0.05) is 36.4 Å². The van der Waals surface area contributed by atoms with E-state index in [0.717, 1.165) is 22.2 Å². The third-order valence-electron chi connectivity index (χ3n) is 3.65. The van der Waals surface area contributed by atoms with Crippen molar-refractivity contribution in [2.24, 2.45) is 0 Å². The maximum Gasteiger partial charge on any atom is 0.310 e. The number of aromatic nitrogens is 1. The summed E-state index contributed by atoms with van der Waals surface area (Å²) in [5.41, 5.74) is 3.16. The largest absolute Gasteiger partial charge is 0.466 e. The Balaban J connectivity index is 2.16. The van der Waals surface area contributed by atoms with Crippen LogP contribution in [-0.2, 0) is 16.0 Å². The highest BCUT2D eigenvalue weighted by Crippen LogP contribution is 2.29. The molecule has 3 aromatic rings. The average molecular weight is 267 g/mol. The van der Waals surface area contributed by atoms with E-state index in [1.165, 1.54) is 10.8 Å². The summed E-state index contributed by atoms with van der Waals surface area (Å²) in [5.74, 6) is -0.176. The number of H-pyrrole nitrogens is 1. The van der Waals surface area contributed by atoms with Crippen LogP contribution in [-0.4, -0.2) is 17.6 Å². The lowest BCUT2D eigenvalue weighted by Gasteiger charge is -2.03. The number of rotatable bonds is 3. The summed E-state index contributed by atoms with van der Waals surface area (Å²) in [6, 6.07) is 12.4. The Kier molecular flexibility index (Phi) is 3.18. The number of aryl methyl sites for hydroxylation is 1. The molecule has 0 aliphatic carbocycles. The van der Waals surface area contributed by atoms with E-state index in [2.05, 4.69) is 29.2 Å². The molecule has 0 aliphatic rings. The van der Waals surface area contributed by atoms with E-state index in [0.29, 0.717) is 13.0 Å². The molecule has 0 aliphatic heterocycles. The van der Waals surface area contributed by atoms with Crippen molar-refractivity contribution in [1.29, 1.82) is 0 Å². The zero-order chi connectivity index (χ0) is 14.1. The Morgan fingerprint density at radius 3 is 2.75 bits per heavy atom. The number of hydrogen-bond acceptors (Lipinski definition) is 2. The van der Waals surface area contributed by atoms with E-state index in [1.54, 1.807) is 0 Å². The monoisotopic (exact) mass is 267 g/mol. The normalized spacial score (nSPS) is 11.1. The SMILES string of the molecule is CCOC(=O)Cc1c(C)[nH]c2c1ccc1ccccc12. The summed E-state index contributed by atoms with van der Waals surface area (Å²) in [6.45, 7) is 4.25. The Morgan fingerprint density at radius 2 is 1.95 bits per heavy atom. The van der Waals surface area contributed by atoms with Gasteiger partial charge in [-0.05, 0) is 24.8 Å². The summed E-state index contributed by atoms with van der Waals surface area (Å²) in [7, 11) is 0. The number of esters is 1. The van der Waals surface area contributed by atoms with Crippen LogP contribution < -0.4 is 0 Å². The Hall–Kier alpha value is -2.29. The highest BCUT2D eigenvalue weighted by molar-refractivity contribution is 6.07. The molecule has 1 N–H and O–H groups in total. The lowest BCUT2D eigenvalue weighted by atomic mass is 10.0. The fourth-order valence-electron chi connectivity index (χ4n) is 2.71. The maximum atomic E-state index is 11.7. The molecule has 0 radical (unpaired) electrons. The molecular weight excluding hydrogens is 250 g/mol. The zero-order valence-corrected chi connectivity index (χ0v) is 11.7. The van der Waals surface area contributed by atoms with E-state index in [-0.39, 0.29) is 5.97 Å². The topological polar surface area (TPSA) is 42.1 Å². The molecule has 0 unspecified atom stereocenters. The van der Waals surface area contributed by atoms with Crippen LogP contribution in [0.15, 0.2) is 36.4 Å². The van der Waals surface area contributed by atoms with E-state index in [9.17, 15) is 4.79 Å². The quantitative estimate of drug-likeness (QED) is 0.735. The van der Waals surface area contributed by atoms with Crippen molar-refractivity contribution >= 4 is 27.6 Å². The smallest absolute Gasteiger partial charge is 0.310 e. The van der Waals surface area contributed by atoms with Crippen LogP contribution >= 0.6 is 0 Å². The summed E-state index contributed by atoms with van der Waals surface area (Å²) < 4.78 is 5.05. The predicted octanol–water partition coefficient (Wildman–Crippen LogP) is 3.74. The van der Waals surface area contributed by atoms with Gasteiger partial charge in [-0.25, -0.2) is 0 Å². The van der Waals surface area contributed by atoms with Gasteiger partial charge in [0.25, 0.3) is 0 Å². The first-order valence-electron chi connectivity index (χ1n) is 6.85. The minimum absolute atomic E-state index is 0.176. The summed E-state index contributed by atoms with van der Waals surface area (Å²) >= 11 is 0. The minimum atomic E-state index is -0.176. The van der Waals surface area contributed by atoms with E-state index in [4.69, 9.17) is 4.74 Å². The van der Waals surface area contributed by atoms with E-state index >= 15 is 0 Å². The van der Waals surface area contributed by atoms with Gasteiger partial charge in [-0.2, -0.15) is 0 Å². The molecule has 0 amide bonds. The van der Waals surface area contributed by atoms with Crippen molar-refractivity contribution in [1.82, 2.24) is 4.98 Å². The number of nitrogens with one attached hydrogen (secondary N) is 1. The third-order valence-corrected chi connectivity index (χ3v) is 3.65. The number of fused-ring (bicyclic) bond motifs is 3. The van der Waals surface area contributed by atoms with Crippen LogP contribution in [0.25, 0.3) is 21.7 Å². The van der Waals surface area contributed by atoms with Crippen molar-refractivity contribution < 1.29 is 9.53 Å². The molecule has 0 spiro atoms. The van der Waals surface area contributed by atoms with Crippen molar-refractivity contribution in [2.45, 2.75) is 20.3 Å². The predicted molar refractivity (Wildman–Crippen MR) is 80.9 cm³/mol. The molecule has 20 heavy (non-hydrogen) atoms. The first-order valence-corrected chi connectivity index (χ1v) is 6.85. The molecule has 102 valence electrons. The number of carbonyl (C=O) groups is 1. The lowest BCUT2D eigenvalue weighted by Crippen LogP contribution is -2.07. The molecule has 0 fully saturated rings. The second kappa shape index (κ2) is 5.00. The van der Waals surface area contributed by atoms with Gasteiger partial charge in [0.2, 0.25) is 0 Å². The van der Waals surface area contributed by atoms with Crippen LogP contribution in [0.5, 0.6) is 0 Å². The van der Waals surface area contributed by atoms with Gasteiger partial charge in [-0.3, -0.25) is 4.79 Å². The van der Waals surface area contributed by atoms with Gasteiger partial charge in [0.05, 0.1) is 18.5 Å².